The van der Waals surface area contributed by atoms with Gasteiger partial charge in [-0.05, 0) is 35.9 Å². The van der Waals surface area contributed by atoms with Crippen LogP contribution in [0.4, 0.5) is 0 Å². The summed E-state index contributed by atoms with van der Waals surface area (Å²) in [6.07, 6.45) is 1.64. The number of carbonyl (C=O) groups excluding carboxylic acids is 1. The Labute approximate surface area is 154 Å². The summed E-state index contributed by atoms with van der Waals surface area (Å²) in [5.74, 6) is 0.469. The maximum Gasteiger partial charge on any atom is 0.200 e. The van der Waals surface area contributed by atoms with Crippen LogP contribution in [0.1, 0.15) is 15.9 Å². The first kappa shape index (κ1) is 17.5. The van der Waals surface area contributed by atoms with Crippen LogP contribution in [-0.2, 0) is 0 Å². The van der Waals surface area contributed by atoms with Gasteiger partial charge in [-0.25, -0.2) is 0 Å². The predicted octanol–water partition coefficient (Wildman–Crippen LogP) is 4.37. The number of aromatic hydroxyl groups is 1. The molecule has 3 rings (SSSR count). The van der Waals surface area contributed by atoms with Crippen molar-refractivity contribution >= 4 is 35.1 Å². The number of benzene rings is 2. The van der Waals surface area contributed by atoms with E-state index in [0.29, 0.717) is 32.5 Å². The Hall–Kier alpha value is -2.37. The number of ether oxygens (including phenoxy) is 3. The molecule has 5 nitrogen and oxygen atoms in total. The lowest BCUT2D eigenvalue weighted by atomic mass is 9.98. The third-order valence-electron chi connectivity index (χ3n) is 3.76. The van der Waals surface area contributed by atoms with Gasteiger partial charge < -0.3 is 19.3 Å². The minimum Gasteiger partial charge on any atom is -0.502 e. The summed E-state index contributed by atoms with van der Waals surface area (Å²) in [7, 11) is 2.86. The van der Waals surface area contributed by atoms with E-state index >= 15 is 0 Å². The monoisotopic (exact) mass is 380 g/mol. The topological polar surface area (TPSA) is 65.0 Å². The molecular formula is C18H14Cl2O5. The molecule has 0 unspecified atom stereocenters. The Kier molecular flexibility index (Phi) is 4.79. The lowest BCUT2D eigenvalue weighted by molar-refractivity contribution is 0.100. The zero-order chi connectivity index (χ0) is 18.1. The maximum absolute atomic E-state index is 12.7. The molecule has 1 heterocycles. The van der Waals surface area contributed by atoms with Crippen molar-refractivity contribution in [3.8, 4) is 23.0 Å². The molecule has 0 saturated heterocycles. The molecular weight excluding hydrogens is 367 g/mol. The second-order valence-electron chi connectivity index (χ2n) is 5.33. The number of phenolic OH excluding ortho intramolecular Hbond substituents is 1. The molecule has 0 atom stereocenters. The van der Waals surface area contributed by atoms with E-state index in [1.165, 1.54) is 26.4 Å². The highest BCUT2D eigenvalue weighted by Crippen LogP contribution is 2.39. The van der Waals surface area contributed by atoms with E-state index in [4.69, 9.17) is 37.4 Å². The number of halogens is 2. The average molecular weight is 381 g/mol. The molecule has 0 radical (unpaired) electrons. The Morgan fingerprint density at radius 2 is 1.76 bits per heavy atom. The highest BCUT2D eigenvalue weighted by molar-refractivity contribution is 6.37. The van der Waals surface area contributed by atoms with Crippen LogP contribution in [0, 0.1) is 0 Å². The Morgan fingerprint density at radius 1 is 1.12 bits per heavy atom. The van der Waals surface area contributed by atoms with Crippen molar-refractivity contribution in [2.75, 3.05) is 20.8 Å². The minimum atomic E-state index is -0.225. The summed E-state index contributed by atoms with van der Waals surface area (Å²) in [4.78, 5) is 12.7. The lowest BCUT2D eigenvalue weighted by Gasteiger charge is -2.20. The van der Waals surface area contributed by atoms with Crippen LogP contribution in [0.2, 0.25) is 10.0 Å². The molecule has 7 heteroatoms. The minimum absolute atomic E-state index is 0.0681. The van der Waals surface area contributed by atoms with Gasteiger partial charge in [-0.3, -0.25) is 4.79 Å². The summed E-state index contributed by atoms with van der Waals surface area (Å²) in [5, 5.41) is 10.6. The molecule has 1 aliphatic heterocycles. The Balaban J connectivity index is 2.04. The van der Waals surface area contributed by atoms with Gasteiger partial charge in [0.25, 0.3) is 0 Å². The van der Waals surface area contributed by atoms with E-state index in [-0.39, 0.29) is 29.6 Å². The van der Waals surface area contributed by atoms with Crippen molar-refractivity contribution in [3.63, 3.8) is 0 Å². The molecule has 130 valence electrons. The van der Waals surface area contributed by atoms with E-state index in [9.17, 15) is 9.90 Å². The molecule has 0 amide bonds. The average Bonchev–Trinajstić information content (AvgIpc) is 2.59. The molecule has 0 bridgehead atoms. The fraction of sp³-hybridized carbons (Fsp3) is 0.167. The number of rotatable bonds is 3. The zero-order valence-electron chi connectivity index (χ0n) is 13.4. The van der Waals surface area contributed by atoms with Crippen molar-refractivity contribution in [3.05, 3.63) is 51.0 Å². The normalized spacial score (nSPS) is 14.9. The van der Waals surface area contributed by atoms with Gasteiger partial charge in [0, 0.05) is 10.6 Å². The summed E-state index contributed by atoms with van der Waals surface area (Å²) >= 11 is 12.1. The van der Waals surface area contributed by atoms with Gasteiger partial charge in [-0.15, -0.1) is 0 Å². The number of phenols is 1. The van der Waals surface area contributed by atoms with Crippen LogP contribution in [-0.4, -0.2) is 31.7 Å². The number of carbonyl (C=O) groups is 1. The van der Waals surface area contributed by atoms with Gasteiger partial charge in [0.15, 0.2) is 17.3 Å². The van der Waals surface area contributed by atoms with E-state index < -0.39 is 0 Å². The van der Waals surface area contributed by atoms with Crippen LogP contribution in [0.3, 0.4) is 0 Å². The van der Waals surface area contributed by atoms with E-state index in [1.54, 1.807) is 18.2 Å². The third-order valence-corrected chi connectivity index (χ3v) is 4.26. The van der Waals surface area contributed by atoms with Gasteiger partial charge in [0.2, 0.25) is 5.75 Å². The van der Waals surface area contributed by atoms with Crippen molar-refractivity contribution in [1.29, 1.82) is 0 Å². The molecule has 2 aromatic carbocycles. The maximum atomic E-state index is 12.7. The van der Waals surface area contributed by atoms with Crippen LogP contribution < -0.4 is 14.2 Å². The van der Waals surface area contributed by atoms with E-state index in [0.717, 1.165) is 0 Å². The summed E-state index contributed by atoms with van der Waals surface area (Å²) in [6.45, 7) is 0.0681. The smallest absolute Gasteiger partial charge is 0.200 e. The SMILES string of the molecule is COc1cc(/C=C2\COc3c(Cl)cc(Cl)cc3C2=O)cc(OC)c1O. The first-order valence-corrected chi connectivity index (χ1v) is 8.02. The quantitative estimate of drug-likeness (QED) is 0.800. The largest absolute Gasteiger partial charge is 0.502 e. The fourth-order valence-corrected chi connectivity index (χ4v) is 3.12. The second kappa shape index (κ2) is 6.86. The van der Waals surface area contributed by atoms with Gasteiger partial charge in [0.05, 0.1) is 24.8 Å². The van der Waals surface area contributed by atoms with Gasteiger partial charge in [-0.2, -0.15) is 0 Å². The highest BCUT2D eigenvalue weighted by atomic mass is 35.5. The standard InChI is InChI=1S/C18H14Cl2O5/c1-23-14-4-9(5-15(24-2)17(14)22)3-10-8-25-18-12(16(10)21)6-11(19)7-13(18)20/h3-7,22H,8H2,1-2H3/b10-3+. The highest BCUT2D eigenvalue weighted by Gasteiger charge is 2.26. The predicted molar refractivity (Wildman–Crippen MR) is 95.5 cm³/mol. The number of hydrogen-bond acceptors (Lipinski definition) is 5. The zero-order valence-corrected chi connectivity index (χ0v) is 14.9. The molecule has 0 aromatic heterocycles. The Morgan fingerprint density at radius 3 is 2.36 bits per heavy atom. The molecule has 0 fully saturated rings. The number of methoxy groups -OCH3 is 2. The summed E-state index contributed by atoms with van der Waals surface area (Å²) in [6, 6.07) is 6.24. The molecule has 2 aromatic rings. The molecule has 25 heavy (non-hydrogen) atoms. The number of ketones is 1. The van der Waals surface area contributed by atoms with E-state index in [1.807, 2.05) is 0 Å². The number of Topliss-reactive ketones (excluding diaryl/α,β-unsaturated/α-hetero) is 1. The van der Waals surface area contributed by atoms with E-state index in [2.05, 4.69) is 0 Å². The molecule has 0 spiro atoms. The molecule has 1 aliphatic rings. The third kappa shape index (κ3) is 3.25. The van der Waals surface area contributed by atoms with Gasteiger partial charge in [-0.1, -0.05) is 23.2 Å². The Bertz CT molecular complexity index is 864. The molecule has 0 aliphatic carbocycles. The van der Waals surface area contributed by atoms with Crippen molar-refractivity contribution < 1.29 is 24.1 Å². The summed E-state index contributed by atoms with van der Waals surface area (Å²) in [5.41, 5.74) is 1.35. The first-order valence-electron chi connectivity index (χ1n) is 7.26. The van der Waals surface area contributed by atoms with Crippen molar-refractivity contribution in [2.45, 2.75) is 0 Å². The lowest BCUT2D eigenvalue weighted by Crippen LogP contribution is -2.19. The molecule has 1 N–H and O–H groups in total. The number of hydrogen-bond donors (Lipinski definition) is 1. The van der Waals surface area contributed by atoms with Gasteiger partial charge in [0.1, 0.15) is 12.4 Å². The number of fused-ring (bicyclic) bond motifs is 1. The van der Waals surface area contributed by atoms with Crippen LogP contribution in [0.25, 0.3) is 6.08 Å². The second-order valence-corrected chi connectivity index (χ2v) is 6.17. The van der Waals surface area contributed by atoms with Crippen molar-refractivity contribution in [1.82, 2.24) is 0 Å². The van der Waals surface area contributed by atoms with Crippen LogP contribution in [0.15, 0.2) is 29.8 Å². The van der Waals surface area contributed by atoms with Crippen molar-refractivity contribution in [2.24, 2.45) is 0 Å². The summed E-state index contributed by atoms with van der Waals surface area (Å²) < 4.78 is 15.9. The fourth-order valence-electron chi connectivity index (χ4n) is 2.57. The van der Waals surface area contributed by atoms with Crippen LogP contribution >= 0.6 is 23.2 Å². The molecule has 0 saturated carbocycles. The van der Waals surface area contributed by atoms with Gasteiger partial charge >= 0.3 is 0 Å². The first-order chi connectivity index (χ1) is 11.9. The van der Waals surface area contributed by atoms with Crippen LogP contribution in [0.5, 0.6) is 23.0 Å².